The van der Waals surface area contributed by atoms with Gasteiger partial charge in [0.1, 0.15) is 5.00 Å². The Morgan fingerprint density at radius 2 is 1.81 bits per heavy atom. The van der Waals surface area contributed by atoms with E-state index in [0.717, 1.165) is 23.3 Å². The normalized spacial score (nSPS) is 12.8. The van der Waals surface area contributed by atoms with Crippen molar-refractivity contribution in [1.29, 1.82) is 0 Å². The van der Waals surface area contributed by atoms with Crippen LogP contribution in [0.5, 0.6) is 0 Å². The zero-order chi connectivity index (χ0) is 22.6. The standard InChI is InChI=1S/C21H24N2O6S2/c1-3-29-21(26)23-19(25)18-15-6-5-7-16(15)30-20(18)22-17(24)12-13-8-10-14(11-9-13)31(27,28)4-2/h8-11H,3-7,12H2,1-2H3,(H,22,24)(H,23,25,26). The molecule has 0 spiro atoms. The predicted octanol–water partition coefficient (Wildman–Crippen LogP) is 3.10. The monoisotopic (exact) mass is 464 g/mol. The molecule has 31 heavy (non-hydrogen) atoms. The van der Waals surface area contributed by atoms with Crippen molar-refractivity contribution in [2.24, 2.45) is 0 Å². The first-order valence-corrected chi connectivity index (χ1v) is 12.5. The zero-order valence-electron chi connectivity index (χ0n) is 17.3. The summed E-state index contributed by atoms with van der Waals surface area (Å²) in [5.41, 5.74) is 1.81. The molecule has 0 fully saturated rings. The van der Waals surface area contributed by atoms with Crippen LogP contribution < -0.4 is 10.6 Å². The fourth-order valence-corrected chi connectivity index (χ4v) is 5.58. The van der Waals surface area contributed by atoms with E-state index in [0.29, 0.717) is 22.5 Å². The molecule has 8 nitrogen and oxygen atoms in total. The molecule has 1 heterocycles. The van der Waals surface area contributed by atoms with E-state index in [1.807, 2.05) is 0 Å². The first kappa shape index (κ1) is 23.0. The molecule has 2 aromatic rings. The minimum atomic E-state index is -3.30. The van der Waals surface area contributed by atoms with E-state index in [2.05, 4.69) is 10.6 Å². The van der Waals surface area contributed by atoms with E-state index in [-0.39, 0.29) is 29.6 Å². The van der Waals surface area contributed by atoms with Gasteiger partial charge in [-0.25, -0.2) is 13.2 Å². The third-order valence-corrected chi connectivity index (χ3v) is 7.88. The Bertz CT molecular complexity index is 1100. The molecular formula is C21H24N2O6S2. The Hall–Kier alpha value is -2.72. The van der Waals surface area contributed by atoms with Gasteiger partial charge in [-0.15, -0.1) is 11.3 Å². The number of thiophene rings is 1. The summed E-state index contributed by atoms with van der Waals surface area (Å²) < 4.78 is 28.6. The van der Waals surface area contributed by atoms with Crippen LogP contribution in [0.2, 0.25) is 0 Å². The van der Waals surface area contributed by atoms with Crippen LogP contribution in [0.4, 0.5) is 9.80 Å². The molecule has 2 N–H and O–H groups in total. The van der Waals surface area contributed by atoms with Crippen LogP contribution in [0.25, 0.3) is 0 Å². The topological polar surface area (TPSA) is 119 Å². The van der Waals surface area contributed by atoms with Crippen molar-refractivity contribution in [3.8, 4) is 0 Å². The van der Waals surface area contributed by atoms with Gasteiger partial charge in [0, 0.05) is 4.88 Å². The highest BCUT2D eigenvalue weighted by Gasteiger charge is 2.28. The molecule has 1 aliphatic carbocycles. The van der Waals surface area contributed by atoms with Gasteiger partial charge in [0.2, 0.25) is 5.91 Å². The molecule has 1 aromatic carbocycles. The van der Waals surface area contributed by atoms with Crippen LogP contribution in [-0.2, 0) is 38.6 Å². The zero-order valence-corrected chi connectivity index (χ0v) is 19.0. The molecule has 166 valence electrons. The predicted molar refractivity (Wildman–Crippen MR) is 117 cm³/mol. The number of amides is 3. The van der Waals surface area contributed by atoms with Crippen molar-refractivity contribution in [2.75, 3.05) is 17.7 Å². The lowest BCUT2D eigenvalue weighted by atomic mass is 10.1. The molecule has 0 aliphatic heterocycles. The smallest absolute Gasteiger partial charge is 0.414 e. The van der Waals surface area contributed by atoms with Crippen LogP contribution in [0.15, 0.2) is 29.2 Å². The fraction of sp³-hybridized carbons (Fsp3) is 0.381. The summed E-state index contributed by atoms with van der Waals surface area (Å²) in [6.07, 6.45) is 1.64. The molecule has 3 amide bonds. The first-order valence-electron chi connectivity index (χ1n) is 9.99. The average Bonchev–Trinajstić information content (AvgIpc) is 3.29. The molecule has 0 saturated carbocycles. The number of nitrogens with one attached hydrogen (secondary N) is 2. The SMILES string of the molecule is CCOC(=O)NC(=O)c1c(NC(=O)Cc2ccc(S(=O)(=O)CC)cc2)sc2c1CCC2. The Labute approximate surface area is 184 Å². The Morgan fingerprint density at radius 1 is 1.10 bits per heavy atom. The van der Waals surface area contributed by atoms with Gasteiger partial charge in [-0.1, -0.05) is 19.1 Å². The third-order valence-electron chi connectivity index (χ3n) is 4.92. The summed E-state index contributed by atoms with van der Waals surface area (Å²) in [7, 11) is -3.30. The number of benzene rings is 1. The van der Waals surface area contributed by atoms with Crippen LogP contribution in [0.3, 0.4) is 0 Å². The van der Waals surface area contributed by atoms with E-state index in [1.165, 1.54) is 23.5 Å². The number of ether oxygens (including phenoxy) is 1. The molecule has 3 rings (SSSR count). The van der Waals surface area contributed by atoms with Gasteiger partial charge in [-0.3, -0.25) is 14.9 Å². The van der Waals surface area contributed by atoms with Gasteiger partial charge in [0.25, 0.3) is 5.91 Å². The number of carbonyl (C=O) groups excluding carboxylic acids is 3. The maximum atomic E-state index is 12.7. The molecule has 0 saturated heterocycles. The van der Waals surface area contributed by atoms with Gasteiger partial charge in [0.05, 0.1) is 29.2 Å². The molecule has 0 radical (unpaired) electrons. The van der Waals surface area contributed by atoms with E-state index < -0.39 is 21.8 Å². The number of carbonyl (C=O) groups is 3. The summed E-state index contributed by atoms with van der Waals surface area (Å²) in [6, 6.07) is 6.18. The first-order chi connectivity index (χ1) is 14.7. The maximum absolute atomic E-state index is 12.7. The summed E-state index contributed by atoms with van der Waals surface area (Å²) in [6.45, 7) is 3.36. The lowest BCUT2D eigenvalue weighted by molar-refractivity contribution is -0.115. The van der Waals surface area contributed by atoms with Gasteiger partial charge < -0.3 is 10.1 Å². The Balaban J connectivity index is 1.74. The van der Waals surface area contributed by atoms with Gasteiger partial charge >= 0.3 is 6.09 Å². The molecular weight excluding hydrogens is 440 g/mol. The number of hydrogen-bond donors (Lipinski definition) is 2. The number of rotatable bonds is 7. The van der Waals surface area contributed by atoms with E-state index >= 15 is 0 Å². The van der Waals surface area contributed by atoms with Crippen LogP contribution >= 0.6 is 11.3 Å². The van der Waals surface area contributed by atoms with Crippen molar-refractivity contribution in [3.63, 3.8) is 0 Å². The lowest BCUT2D eigenvalue weighted by Crippen LogP contribution is -2.32. The molecule has 0 bridgehead atoms. The molecule has 1 aliphatic rings. The number of imide groups is 1. The van der Waals surface area contributed by atoms with Gasteiger partial charge in [0.15, 0.2) is 9.84 Å². The minimum Gasteiger partial charge on any atom is -0.450 e. The maximum Gasteiger partial charge on any atom is 0.414 e. The van der Waals surface area contributed by atoms with E-state index in [4.69, 9.17) is 4.74 Å². The van der Waals surface area contributed by atoms with Gasteiger partial charge in [-0.2, -0.15) is 0 Å². The van der Waals surface area contributed by atoms with Crippen LogP contribution in [0, 0.1) is 0 Å². The van der Waals surface area contributed by atoms with Crippen molar-refractivity contribution in [3.05, 3.63) is 45.8 Å². The molecule has 1 aromatic heterocycles. The van der Waals surface area contributed by atoms with Crippen molar-refractivity contribution in [1.82, 2.24) is 5.32 Å². The Kier molecular flexibility index (Phi) is 7.11. The average molecular weight is 465 g/mol. The van der Waals surface area contributed by atoms with Crippen molar-refractivity contribution < 1.29 is 27.5 Å². The highest BCUT2D eigenvalue weighted by molar-refractivity contribution is 7.91. The van der Waals surface area contributed by atoms with Gasteiger partial charge in [-0.05, 0) is 49.4 Å². The van der Waals surface area contributed by atoms with Crippen LogP contribution in [0.1, 0.15) is 46.6 Å². The second kappa shape index (κ2) is 9.61. The summed E-state index contributed by atoms with van der Waals surface area (Å²) in [4.78, 5) is 38.2. The van der Waals surface area contributed by atoms with E-state index in [9.17, 15) is 22.8 Å². The van der Waals surface area contributed by atoms with Crippen LogP contribution in [-0.4, -0.2) is 38.7 Å². The number of anilines is 1. The molecule has 0 atom stereocenters. The number of fused-ring (bicyclic) bond motifs is 1. The second-order valence-corrected chi connectivity index (χ2v) is 10.4. The molecule has 10 heteroatoms. The fourth-order valence-electron chi connectivity index (χ4n) is 3.39. The minimum absolute atomic E-state index is 0.00647. The Morgan fingerprint density at radius 3 is 2.45 bits per heavy atom. The summed E-state index contributed by atoms with van der Waals surface area (Å²) >= 11 is 1.34. The summed E-state index contributed by atoms with van der Waals surface area (Å²) in [5, 5.41) is 5.38. The largest absolute Gasteiger partial charge is 0.450 e. The summed E-state index contributed by atoms with van der Waals surface area (Å²) in [5.74, 6) is -0.925. The number of alkyl carbamates (subject to hydrolysis) is 1. The second-order valence-electron chi connectivity index (χ2n) is 7.01. The molecule has 0 unspecified atom stereocenters. The quantitative estimate of drug-likeness (QED) is 0.650. The van der Waals surface area contributed by atoms with Crippen molar-refractivity contribution in [2.45, 2.75) is 44.4 Å². The van der Waals surface area contributed by atoms with E-state index in [1.54, 1.807) is 26.0 Å². The number of hydrogen-bond acceptors (Lipinski definition) is 7. The van der Waals surface area contributed by atoms with Crippen molar-refractivity contribution >= 4 is 44.1 Å². The number of aryl methyl sites for hydroxylation is 1. The lowest BCUT2D eigenvalue weighted by Gasteiger charge is -2.09. The highest BCUT2D eigenvalue weighted by atomic mass is 32.2. The third kappa shape index (κ3) is 5.31. The highest BCUT2D eigenvalue weighted by Crippen LogP contribution is 2.39. The number of sulfone groups is 1.